The predicted molar refractivity (Wildman–Crippen MR) is 95.9 cm³/mol. The topological polar surface area (TPSA) is 55.4 Å². The van der Waals surface area contributed by atoms with Crippen LogP contribution in [0.1, 0.15) is 36.5 Å². The molecule has 3 nitrogen and oxygen atoms in total. The van der Waals surface area contributed by atoms with Crippen LogP contribution in [0.15, 0.2) is 23.2 Å². The molecule has 0 aliphatic heterocycles. The first-order chi connectivity index (χ1) is 11.6. The summed E-state index contributed by atoms with van der Waals surface area (Å²) in [7, 11) is 0. The van der Waals surface area contributed by atoms with Crippen LogP contribution < -0.4 is 5.73 Å². The first kappa shape index (κ1) is 19.5. The maximum atomic E-state index is 13.1. The van der Waals surface area contributed by atoms with Gasteiger partial charge in [-0.25, -0.2) is 4.99 Å². The number of hydrogen-bond donors (Lipinski definition) is 1. The van der Waals surface area contributed by atoms with E-state index in [9.17, 15) is 18.0 Å². The van der Waals surface area contributed by atoms with Crippen LogP contribution in [-0.2, 0) is 11.0 Å². The smallest absolute Gasteiger partial charge is 0.387 e. The van der Waals surface area contributed by atoms with Crippen molar-refractivity contribution in [3.8, 4) is 10.4 Å². The quantitative estimate of drug-likeness (QED) is 0.414. The minimum Gasteiger partial charge on any atom is -0.387 e. The van der Waals surface area contributed by atoms with Crippen molar-refractivity contribution in [1.82, 2.24) is 0 Å². The van der Waals surface area contributed by atoms with Crippen molar-refractivity contribution < 1.29 is 18.0 Å². The van der Waals surface area contributed by atoms with Crippen molar-refractivity contribution in [2.45, 2.75) is 32.9 Å². The van der Waals surface area contributed by atoms with Gasteiger partial charge in [-0.1, -0.05) is 24.6 Å². The van der Waals surface area contributed by atoms with Crippen LogP contribution in [0.3, 0.4) is 0 Å². The lowest BCUT2D eigenvalue weighted by Gasteiger charge is -2.11. The van der Waals surface area contributed by atoms with E-state index >= 15 is 0 Å². The third kappa shape index (κ3) is 4.04. The fourth-order valence-electron chi connectivity index (χ4n) is 2.52. The maximum Gasteiger partial charge on any atom is 0.417 e. The highest BCUT2D eigenvalue weighted by Crippen LogP contribution is 2.46. The summed E-state index contributed by atoms with van der Waals surface area (Å²) in [5, 5.41) is 0.165. The molecule has 2 aromatic rings. The van der Waals surface area contributed by atoms with Crippen LogP contribution in [0.5, 0.6) is 0 Å². The highest BCUT2D eigenvalue weighted by atomic mass is 35.5. The summed E-state index contributed by atoms with van der Waals surface area (Å²) >= 11 is 6.88. The molecular weight excluding hydrogens is 373 g/mol. The molecule has 0 saturated heterocycles. The van der Waals surface area contributed by atoms with E-state index < -0.39 is 17.7 Å². The van der Waals surface area contributed by atoms with E-state index in [1.165, 1.54) is 23.5 Å². The molecule has 2 N–H and O–H groups in total. The molecule has 0 bridgehead atoms. The summed E-state index contributed by atoms with van der Waals surface area (Å²) in [5.74, 6) is -0.142. The van der Waals surface area contributed by atoms with Crippen molar-refractivity contribution in [2.75, 3.05) is 0 Å². The normalized spacial score (nSPS) is 13.8. The Hall–Kier alpha value is -1.86. The summed E-state index contributed by atoms with van der Waals surface area (Å²) in [6, 6.07) is 3.76. The number of hydrogen-bond acceptors (Lipinski definition) is 3. The van der Waals surface area contributed by atoms with Crippen LogP contribution in [-0.4, -0.2) is 12.1 Å². The van der Waals surface area contributed by atoms with E-state index in [4.69, 9.17) is 17.3 Å². The Labute approximate surface area is 152 Å². The van der Waals surface area contributed by atoms with Gasteiger partial charge in [-0.05, 0) is 37.1 Å². The number of benzene rings is 1. The number of nitrogens with two attached hydrogens (primary N) is 1. The molecule has 1 unspecified atom stereocenters. The lowest BCUT2D eigenvalue weighted by Crippen LogP contribution is -2.06. The van der Waals surface area contributed by atoms with Crippen molar-refractivity contribution in [2.24, 2.45) is 10.7 Å². The van der Waals surface area contributed by atoms with Gasteiger partial charge in [0, 0.05) is 16.4 Å². The SMILES string of the molecule is CC(N)=Nc1sc(-c2ccc(Cl)c(C(F)(F)F)c2)c(C)c1C(C)C=O. The standard InChI is InChI=1S/C17H16ClF3N2OS/c1-8(7-24)14-9(2)15(25-16(14)23-10(3)22)11-4-5-13(18)12(6-11)17(19,20)21/h4-8H,1-3H3,(H2,22,23). The van der Waals surface area contributed by atoms with Gasteiger partial charge in [0.25, 0.3) is 0 Å². The molecule has 0 amide bonds. The first-order valence-electron chi connectivity index (χ1n) is 7.32. The van der Waals surface area contributed by atoms with Gasteiger partial charge in [-0.15, -0.1) is 11.3 Å². The molecule has 8 heteroatoms. The van der Waals surface area contributed by atoms with E-state index in [1.807, 2.05) is 0 Å². The van der Waals surface area contributed by atoms with E-state index in [0.29, 0.717) is 32.4 Å². The molecule has 0 saturated carbocycles. The number of carbonyl (C=O) groups excluding carboxylic acids is 1. The highest BCUT2D eigenvalue weighted by molar-refractivity contribution is 7.19. The molecule has 1 atom stereocenters. The maximum absolute atomic E-state index is 13.1. The molecule has 0 aliphatic rings. The van der Waals surface area contributed by atoms with E-state index in [-0.39, 0.29) is 5.02 Å². The van der Waals surface area contributed by atoms with Crippen LogP contribution >= 0.6 is 22.9 Å². The molecule has 2 rings (SSSR count). The zero-order valence-electron chi connectivity index (χ0n) is 13.7. The summed E-state index contributed by atoms with van der Waals surface area (Å²) in [6.07, 6.45) is -3.78. The second kappa shape index (κ2) is 7.17. The predicted octanol–water partition coefficient (Wildman–Crippen LogP) is 5.71. The summed E-state index contributed by atoms with van der Waals surface area (Å²) in [4.78, 5) is 16.1. The van der Waals surface area contributed by atoms with Gasteiger partial charge in [-0.2, -0.15) is 13.2 Å². The lowest BCUT2D eigenvalue weighted by molar-refractivity contribution is -0.137. The van der Waals surface area contributed by atoms with E-state index in [1.54, 1.807) is 20.8 Å². The Balaban J connectivity index is 2.70. The van der Waals surface area contributed by atoms with Crippen LogP contribution in [0.2, 0.25) is 5.02 Å². The van der Waals surface area contributed by atoms with Gasteiger partial charge in [0.2, 0.25) is 0 Å². The van der Waals surface area contributed by atoms with Gasteiger partial charge in [-0.3, -0.25) is 0 Å². The van der Waals surface area contributed by atoms with Gasteiger partial charge >= 0.3 is 6.18 Å². The van der Waals surface area contributed by atoms with Crippen LogP contribution in [0.4, 0.5) is 18.2 Å². The Morgan fingerprint density at radius 2 is 2.04 bits per heavy atom. The summed E-state index contributed by atoms with van der Waals surface area (Å²) in [5.41, 5.74) is 6.49. The van der Waals surface area contributed by atoms with Crippen molar-refractivity contribution in [3.63, 3.8) is 0 Å². The number of thiophene rings is 1. The molecule has 1 aromatic carbocycles. The largest absolute Gasteiger partial charge is 0.417 e. The second-order valence-corrected chi connectivity index (χ2v) is 7.05. The Bertz CT molecular complexity index is 839. The Kier molecular flexibility index (Phi) is 5.58. The molecule has 0 spiro atoms. The van der Waals surface area contributed by atoms with Gasteiger partial charge in [0.1, 0.15) is 11.3 Å². The van der Waals surface area contributed by atoms with Crippen LogP contribution in [0, 0.1) is 6.92 Å². The molecule has 0 fully saturated rings. The summed E-state index contributed by atoms with van der Waals surface area (Å²) < 4.78 is 39.4. The highest BCUT2D eigenvalue weighted by Gasteiger charge is 2.34. The molecule has 1 heterocycles. The number of halogens is 4. The minimum absolute atomic E-state index is 0.305. The third-order valence-electron chi connectivity index (χ3n) is 3.65. The Morgan fingerprint density at radius 1 is 1.40 bits per heavy atom. The van der Waals surface area contributed by atoms with Gasteiger partial charge in [0.05, 0.1) is 16.4 Å². The molecule has 25 heavy (non-hydrogen) atoms. The van der Waals surface area contributed by atoms with E-state index in [0.717, 1.165) is 12.4 Å². The van der Waals surface area contributed by atoms with Crippen molar-refractivity contribution in [3.05, 3.63) is 39.9 Å². The molecular formula is C17H16ClF3N2OS. The van der Waals surface area contributed by atoms with Crippen molar-refractivity contribution in [1.29, 1.82) is 0 Å². The fourth-order valence-corrected chi connectivity index (χ4v) is 4.08. The number of alkyl halides is 3. The average molecular weight is 389 g/mol. The average Bonchev–Trinajstić information content (AvgIpc) is 2.81. The van der Waals surface area contributed by atoms with Crippen molar-refractivity contribution >= 4 is 40.1 Å². The molecule has 0 radical (unpaired) electrons. The number of aldehydes is 1. The molecule has 1 aromatic heterocycles. The fraction of sp³-hybridized carbons (Fsp3) is 0.294. The van der Waals surface area contributed by atoms with E-state index in [2.05, 4.69) is 4.99 Å². The zero-order valence-corrected chi connectivity index (χ0v) is 15.3. The van der Waals surface area contributed by atoms with Gasteiger partial charge < -0.3 is 10.5 Å². The number of nitrogens with zero attached hydrogens (tertiary/aromatic N) is 1. The molecule has 134 valence electrons. The Morgan fingerprint density at radius 3 is 2.56 bits per heavy atom. The number of carbonyl (C=O) groups is 1. The summed E-state index contributed by atoms with van der Waals surface area (Å²) in [6.45, 7) is 5.07. The number of amidine groups is 1. The number of aliphatic imine (C=N–C) groups is 1. The monoisotopic (exact) mass is 388 g/mol. The van der Waals surface area contributed by atoms with Crippen LogP contribution in [0.25, 0.3) is 10.4 Å². The first-order valence-corrected chi connectivity index (χ1v) is 8.52. The number of rotatable bonds is 4. The molecule has 0 aliphatic carbocycles. The van der Waals surface area contributed by atoms with Gasteiger partial charge in [0.15, 0.2) is 0 Å². The second-order valence-electron chi connectivity index (χ2n) is 5.65. The zero-order chi connectivity index (χ0) is 18.9. The minimum atomic E-state index is -4.55. The lowest BCUT2D eigenvalue weighted by atomic mass is 9.97. The third-order valence-corrected chi connectivity index (χ3v) is 5.23.